The molecular weight excluding hydrogens is 434 g/mol. The van der Waals surface area contributed by atoms with Crippen LogP contribution in [0.1, 0.15) is 55.8 Å². The van der Waals surface area contributed by atoms with E-state index >= 15 is 0 Å². The molecule has 2 aromatic rings. The third-order valence-corrected chi connectivity index (χ3v) is 5.93. The van der Waals surface area contributed by atoms with Gasteiger partial charge in [-0.15, -0.1) is 0 Å². The van der Waals surface area contributed by atoms with Crippen LogP contribution in [-0.4, -0.2) is 49.1 Å². The van der Waals surface area contributed by atoms with Crippen LogP contribution in [0, 0.1) is 6.92 Å². The number of carbonyl (C=O) groups is 2. The Morgan fingerprint density at radius 2 is 1.68 bits per heavy atom. The Kier molecular flexibility index (Phi) is 8.21. The Morgan fingerprint density at radius 3 is 2.29 bits per heavy atom. The van der Waals surface area contributed by atoms with Crippen molar-refractivity contribution in [3.63, 3.8) is 0 Å². The molecule has 2 aromatic carbocycles. The van der Waals surface area contributed by atoms with E-state index < -0.39 is 17.7 Å². The molecule has 0 radical (unpaired) electrons. The van der Waals surface area contributed by atoms with Gasteiger partial charge in [0.15, 0.2) is 11.5 Å². The Balaban J connectivity index is 2.14. The Labute approximate surface area is 200 Å². The molecule has 1 aliphatic rings. The van der Waals surface area contributed by atoms with Crippen molar-refractivity contribution in [3.8, 4) is 17.2 Å². The second kappa shape index (κ2) is 11.1. The van der Waals surface area contributed by atoms with E-state index in [1.54, 1.807) is 43.5 Å². The second-order valence-corrected chi connectivity index (χ2v) is 8.29. The van der Waals surface area contributed by atoms with Crippen LogP contribution in [0.25, 0.3) is 5.76 Å². The van der Waals surface area contributed by atoms with Crippen molar-refractivity contribution in [3.05, 3.63) is 58.7 Å². The fraction of sp³-hybridized carbons (Fsp3) is 0.407. The zero-order valence-corrected chi connectivity index (χ0v) is 20.5. The van der Waals surface area contributed by atoms with Crippen molar-refractivity contribution < 1.29 is 28.9 Å². The monoisotopic (exact) mass is 467 g/mol. The fourth-order valence-electron chi connectivity index (χ4n) is 4.13. The van der Waals surface area contributed by atoms with E-state index in [9.17, 15) is 14.7 Å². The maximum absolute atomic E-state index is 13.2. The van der Waals surface area contributed by atoms with Crippen LogP contribution < -0.4 is 14.2 Å². The predicted molar refractivity (Wildman–Crippen MR) is 130 cm³/mol. The van der Waals surface area contributed by atoms with Gasteiger partial charge in [-0.1, -0.05) is 26.3 Å². The summed E-state index contributed by atoms with van der Waals surface area (Å²) >= 11 is 0. The number of rotatable bonds is 10. The number of ether oxygens (including phenoxy) is 3. The SMILES string of the molecule is CCCCN1C(=O)C(=O)/C(=C(\O)c2ccc(OCCC)c(C)c2)C1c1ccc(OC)c(OC)c1. The van der Waals surface area contributed by atoms with Crippen LogP contribution in [0.15, 0.2) is 42.0 Å². The number of benzene rings is 2. The molecule has 1 N–H and O–H groups in total. The third kappa shape index (κ3) is 4.88. The maximum Gasteiger partial charge on any atom is 0.295 e. The molecule has 1 aliphatic heterocycles. The lowest BCUT2D eigenvalue weighted by Gasteiger charge is -2.26. The van der Waals surface area contributed by atoms with Gasteiger partial charge < -0.3 is 24.2 Å². The summed E-state index contributed by atoms with van der Waals surface area (Å²) in [6.07, 6.45) is 2.48. The van der Waals surface area contributed by atoms with E-state index in [0.717, 1.165) is 30.6 Å². The molecule has 0 spiro atoms. The van der Waals surface area contributed by atoms with Crippen LogP contribution in [0.4, 0.5) is 0 Å². The zero-order chi connectivity index (χ0) is 24.8. The lowest BCUT2D eigenvalue weighted by atomic mass is 9.94. The Hall–Kier alpha value is -3.48. The van der Waals surface area contributed by atoms with Crippen LogP contribution in [0.3, 0.4) is 0 Å². The minimum absolute atomic E-state index is 0.0648. The number of aryl methyl sites for hydroxylation is 1. The standard InChI is InChI=1S/C27H33NO6/c1-6-8-13-28-24(18-9-12-21(32-4)22(16-18)33-5)23(26(30)27(28)31)25(29)19-10-11-20(17(3)15-19)34-14-7-2/h9-12,15-16,24,29H,6-8,13-14H2,1-5H3/b25-23-. The van der Waals surface area contributed by atoms with Crippen LogP contribution in [0.5, 0.6) is 17.2 Å². The Bertz CT molecular complexity index is 1090. The van der Waals surface area contributed by atoms with Crippen molar-refractivity contribution in [2.45, 2.75) is 46.1 Å². The number of hydrogen-bond donors (Lipinski definition) is 1. The molecule has 7 nitrogen and oxygen atoms in total. The highest BCUT2D eigenvalue weighted by Crippen LogP contribution is 2.42. The number of aliphatic hydroxyl groups is 1. The van der Waals surface area contributed by atoms with Gasteiger partial charge in [-0.05, 0) is 61.2 Å². The largest absolute Gasteiger partial charge is 0.507 e. The number of nitrogens with zero attached hydrogens (tertiary/aromatic N) is 1. The second-order valence-electron chi connectivity index (χ2n) is 8.29. The highest BCUT2D eigenvalue weighted by atomic mass is 16.5. The van der Waals surface area contributed by atoms with E-state index in [2.05, 4.69) is 0 Å². The minimum atomic E-state index is -0.734. The van der Waals surface area contributed by atoms with Crippen molar-refractivity contribution in [2.24, 2.45) is 0 Å². The van der Waals surface area contributed by atoms with Gasteiger partial charge in [-0.2, -0.15) is 0 Å². The summed E-state index contributed by atoms with van der Waals surface area (Å²) in [7, 11) is 3.07. The van der Waals surface area contributed by atoms with Gasteiger partial charge >= 0.3 is 0 Å². The highest BCUT2D eigenvalue weighted by Gasteiger charge is 2.46. The lowest BCUT2D eigenvalue weighted by molar-refractivity contribution is -0.139. The minimum Gasteiger partial charge on any atom is -0.507 e. The summed E-state index contributed by atoms with van der Waals surface area (Å²) in [5.74, 6) is 0.219. The molecule has 0 saturated carbocycles. The third-order valence-electron chi connectivity index (χ3n) is 5.93. The summed E-state index contributed by atoms with van der Waals surface area (Å²) in [5, 5.41) is 11.3. The summed E-state index contributed by atoms with van der Waals surface area (Å²) in [6, 6.07) is 9.79. The lowest BCUT2D eigenvalue weighted by Crippen LogP contribution is -2.30. The molecule has 1 saturated heterocycles. The number of carbonyl (C=O) groups excluding carboxylic acids is 2. The quantitative estimate of drug-likeness (QED) is 0.300. The van der Waals surface area contributed by atoms with Gasteiger partial charge in [0.1, 0.15) is 11.5 Å². The van der Waals surface area contributed by atoms with Crippen LogP contribution >= 0.6 is 0 Å². The summed E-state index contributed by atoms with van der Waals surface area (Å²) in [4.78, 5) is 27.7. The van der Waals surface area contributed by atoms with Crippen molar-refractivity contribution in [2.75, 3.05) is 27.4 Å². The predicted octanol–water partition coefficient (Wildman–Crippen LogP) is 5.02. The molecular formula is C27H33NO6. The normalized spacial score (nSPS) is 17.2. The first-order valence-corrected chi connectivity index (χ1v) is 11.6. The molecule has 0 aliphatic carbocycles. The van der Waals surface area contributed by atoms with Gasteiger partial charge in [0.05, 0.1) is 32.4 Å². The number of amides is 1. The smallest absolute Gasteiger partial charge is 0.295 e. The molecule has 0 bridgehead atoms. The van der Waals surface area contributed by atoms with Crippen LogP contribution in [0.2, 0.25) is 0 Å². The van der Waals surface area contributed by atoms with Gasteiger partial charge in [-0.3, -0.25) is 9.59 Å². The fourth-order valence-corrected chi connectivity index (χ4v) is 4.13. The van der Waals surface area contributed by atoms with Gasteiger partial charge in [0.25, 0.3) is 11.7 Å². The first kappa shape index (κ1) is 25.1. The average molecular weight is 468 g/mol. The summed E-state index contributed by atoms with van der Waals surface area (Å²) in [6.45, 7) is 6.93. The number of likely N-dealkylation sites (tertiary alicyclic amines) is 1. The number of aliphatic hydroxyl groups excluding tert-OH is 1. The zero-order valence-electron chi connectivity index (χ0n) is 20.5. The topological polar surface area (TPSA) is 85.3 Å². The summed E-state index contributed by atoms with van der Waals surface area (Å²) in [5.41, 5.74) is 2.02. The molecule has 34 heavy (non-hydrogen) atoms. The molecule has 1 unspecified atom stereocenters. The van der Waals surface area contributed by atoms with E-state index in [4.69, 9.17) is 14.2 Å². The molecule has 1 fully saturated rings. The van der Waals surface area contributed by atoms with Crippen molar-refractivity contribution in [1.82, 2.24) is 4.90 Å². The molecule has 1 atom stereocenters. The van der Waals surface area contributed by atoms with Crippen LogP contribution in [-0.2, 0) is 9.59 Å². The number of hydrogen-bond acceptors (Lipinski definition) is 6. The number of methoxy groups -OCH3 is 2. The van der Waals surface area contributed by atoms with E-state index in [0.29, 0.717) is 35.8 Å². The van der Waals surface area contributed by atoms with Crippen molar-refractivity contribution >= 4 is 17.4 Å². The first-order chi connectivity index (χ1) is 16.4. The average Bonchev–Trinajstić information content (AvgIpc) is 3.10. The van der Waals surface area contributed by atoms with Gasteiger partial charge in [0.2, 0.25) is 0 Å². The molecule has 7 heteroatoms. The summed E-state index contributed by atoms with van der Waals surface area (Å²) < 4.78 is 16.5. The van der Waals surface area contributed by atoms with Gasteiger partial charge in [-0.25, -0.2) is 0 Å². The van der Waals surface area contributed by atoms with Gasteiger partial charge in [0, 0.05) is 12.1 Å². The first-order valence-electron chi connectivity index (χ1n) is 11.6. The Morgan fingerprint density at radius 1 is 0.971 bits per heavy atom. The number of unbranched alkanes of at least 4 members (excludes halogenated alkanes) is 1. The molecule has 0 aromatic heterocycles. The maximum atomic E-state index is 13.2. The van der Waals surface area contributed by atoms with E-state index in [1.165, 1.54) is 12.0 Å². The molecule has 3 rings (SSSR count). The molecule has 1 amide bonds. The number of ketones is 1. The van der Waals surface area contributed by atoms with E-state index in [1.807, 2.05) is 20.8 Å². The number of Topliss-reactive ketones (excluding diaryl/α,β-unsaturated/α-hetero) is 1. The highest BCUT2D eigenvalue weighted by molar-refractivity contribution is 6.46. The van der Waals surface area contributed by atoms with Crippen molar-refractivity contribution in [1.29, 1.82) is 0 Å². The van der Waals surface area contributed by atoms with E-state index in [-0.39, 0.29) is 11.3 Å². The molecule has 1 heterocycles. The molecule has 182 valence electrons.